The van der Waals surface area contributed by atoms with Crippen molar-refractivity contribution in [2.45, 2.75) is 31.9 Å². The van der Waals surface area contributed by atoms with E-state index in [9.17, 15) is 33.2 Å². The molecule has 9 nitrogen and oxygen atoms in total. The number of hydrazone groups is 1. The van der Waals surface area contributed by atoms with Crippen LogP contribution in [0.25, 0.3) is 0 Å². The van der Waals surface area contributed by atoms with E-state index >= 15 is 0 Å². The van der Waals surface area contributed by atoms with Gasteiger partial charge in [-0.25, -0.2) is 0 Å². The van der Waals surface area contributed by atoms with Crippen LogP contribution in [0.3, 0.4) is 0 Å². The van der Waals surface area contributed by atoms with Crippen molar-refractivity contribution in [1.82, 2.24) is 5.01 Å². The average molecular weight is 413 g/mol. The number of halogens is 3. The number of carbonyl (C=O) groups excluding carboxylic acids is 1. The third-order valence-electron chi connectivity index (χ3n) is 4.19. The number of alkyl halides is 3. The van der Waals surface area contributed by atoms with Gasteiger partial charge in [0.25, 0.3) is 11.4 Å². The highest BCUT2D eigenvalue weighted by atomic mass is 19.4. The maximum Gasteiger partial charge on any atom is 0.438 e. The second-order valence-electron chi connectivity index (χ2n) is 6.19. The van der Waals surface area contributed by atoms with Crippen molar-refractivity contribution in [2.24, 2.45) is 5.10 Å². The number of benzene rings is 1. The topological polar surface area (TPSA) is 118 Å². The summed E-state index contributed by atoms with van der Waals surface area (Å²) in [7, 11) is 0. The molecule has 1 aromatic heterocycles. The van der Waals surface area contributed by atoms with Gasteiger partial charge in [0.2, 0.25) is 0 Å². The molecule has 0 saturated carbocycles. The van der Waals surface area contributed by atoms with Gasteiger partial charge >= 0.3 is 12.1 Å². The first-order chi connectivity index (χ1) is 13.5. The number of nitrogens with zero attached hydrogens (tertiary/aromatic N) is 3. The molecule has 1 aliphatic rings. The summed E-state index contributed by atoms with van der Waals surface area (Å²) in [6.07, 6.45) is -5.21. The number of ether oxygens (including phenoxy) is 1. The van der Waals surface area contributed by atoms with Crippen molar-refractivity contribution in [2.75, 3.05) is 0 Å². The maximum absolute atomic E-state index is 13.1. The first-order valence-electron chi connectivity index (χ1n) is 8.15. The molecule has 3 rings (SSSR count). The number of aliphatic hydroxyl groups is 1. The average Bonchev–Trinajstić information content (AvgIpc) is 3.26. The van der Waals surface area contributed by atoms with Gasteiger partial charge in [-0.05, 0) is 31.2 Å². The fraction of sp³-hybridized carbons (Fsp3) is 0.294. The molecule has 154 valence electrons. The predicted octanol–water partition coefficient (Wildman–Crippen LogP) is 3.16. The lowest BCUT2D eigenvalue weighted by Gasteiger charge is -2.31. The smallest absolute Gasteiger partial charge is 0.438 e. The van der Waals surface area contributed by atoms with E-state index in [1.165, 1.54) is 31.2 Å². The first-order valence-corrected chi connectivity index (χ1v) is 8.15. The summed E-state index contributed by atoms with van der Waals surface area (Å²) in [5.74, 6) is -1.32. The minimum atomic E-state index is -5.11. The second-order valence-corrected chi connectivity index (χ2v) is 6.19. The summed E-state index contributed by atoms with van der Waals surface area (Å²) in [5.41, 5.74) is -3.14. The normalized spacial score (nSPS) is 18.9. The maximum atomic E-state index is 13.1. The molecule has 0 aliphatic carbocycles. The molecule has 1 amide bonds. The minimum absolute atomic E-state index is 0.0733. The number of carbonyl (C=O) groups is 1. The van der Waals surface area contributed by atoms with Gasteiger partial charge in [0.15, 0.2) is 5.76 Å². The number of rotatable bonds is 5. The van der Waals surface area contributed by atoms with E-state index in [1.807, 2.05) is 0 Å². The standard InChI is InChI=1S/C17H14F3N3O6/c1-10-8-11(2-4-13(10)23(26)27)28-9-12-3-5-14(29-12)15(24)22-16(25,6-7-21-22)17(18,19)20/h2-5,7-8,25H,6,9H2,1H3. The number of hydrogen-bond donors (Lipinski definition) is 1. The van der Waals surface area contributed by atoms with Crippen LogP contribution in [-0.2, 0) is 6.61 Å². The third kappa shape index (κ3) is 3.78. The van der Waals surface area contributed by atoms with Crippen LogP contribution >= 0.6 is 0 Å². The summed E-state index contributed by atoms with van der Waals surface area (Å²) >= 11 is 0. The number of furan rings is 1. The number of hydrogen-bond acceptors (Lipinski definition) is 7. The van der Waals surface area contributed by atoms with E-state index in [0.29, 0.717) is 11.3 Å². The Labute approximate surface area is 161 Å². The molecule has 29 heavy (non-hydrogen) atoms. The summed E-state index contributed by atoms with van der Waals surface area (Å²) in [6, 6.07) is 6.54. The highest BCUT2D eigenvalue weighted by Crippen LogP contribution is 2.39. The Kier molecular flexibility index (Phi) is 5.05. The lowest BCUT2D eigenvalue weighted by molar-refractivity contribution is -0.385. The van der Waals surface area contributed by atoms with Crippen molar-refractivity contribution in [3.05, 3.63) is 57.5 Å². The molecule has 0 saturated heterocycles. The minimum Gasteiger partial charge on any atom is -0.486 e. The number of nitro benzene ring substituents is 1. The highest BCUT2D eigenvalue weighted by molar-refractivity contribution is 5.93. The van der Waals surface area contributed by atoms with Crippen molar-refractivity contribution in [3.63, 3.8) is 0 Å². The number of amides is 1. The molecule has 1 aliphatic heterocycles. The van der Waals surface area contributed by atoms with Crippen molar-refractivity contribution >= 4 is 17.8 Å². The zero-order valence-corrected chi connectivity index (χ0v) is 14.8. The molecular formula is C17H14F3N3O6. The lowest BCUT2D eigenvalue weighted by atomic mass is 10.1. The lowest BCUT2D eigenvalue weighted by Crippen LogP contribution is -2.56. The van der Waals surface area contributed by atoms with Crippen LogP contribution in [0, 0.1) is 17.0 Å². The fourth-order valence-electron chi connectivity index (χ4n) is 2.64. The van der Waals surface area contributed by atoms with Crippen molar-refractivity contribution < 1.29 is 37.1 Å². The summed E-state index contributed by atoms with van der Waals surface area (Å²) in [6.45, 7) is 1.35. The van der Waals surface area contributed by atoms with Crippen LogP contribution in [0.2, 0.25) is 0 Å². The van der Waals surface area contributed by atoms with E-state index in [-0.39, 0.29) is 23.1 Å². The number of aryl methyl sites for hydroxylation is 1. The molecule has 12 heteroatoms. The molecule has 2 aromatic rings. The quantitative estimate of drug-likeness (QED) is 0.594. The summed E-state index contributed by atoms with van der Waals surface area (Å²) in [5, 5.41) is 23.9. The Balaban J connectivity index is 1.70. The van der Waals surface area contributed by atoms with Gasteiger partial charge in [-0.15, -0.1) is 0 Å². The van der Waals surface area contributed by atoms with Crippen LogP contribution in [-0.4, -0.2) is 39.1 Å². The Bertz CT molecular complexity index is 987. The Hall–Kier alpha value is -3.41. The van der Waals surface area contributed by atoms with E-state index < -0.39 is 34.9 Å². The molecule has 0 bridgehead atoms. The molecule has 1 aromatic carbocycles. The molecule has 1 N–H and O–H groups in total. The molecular weight excluding hydrogens is 399 g/mol. The molecule has 1 unspecified atom stereocenters. The zero-order valence-electron chi connectivity index (χ0n) is 14.8. The summed E-state index contributed by atoms with van der Waals surface area (Å²) in [4.78, 5) is 22.6. The van der Waals surface area contributed by atoms with Crippen LogP contribution in [0.1, 0.15) is 28.3 Å². The zero-order chi connectivity index (χ0) is 21.4. The first kappa shape index (κ1) is 20.3. The molecule has 0 fully saturated rings. The van der Waals surface area contributed by atoms with Gasteiger partial charge in [0.05, 0.1) is 4.92 Å². The third-order valence-corrected chi connectivity index (χ3v) is 4.19. The predicted molar refractivity (Wildman–Crippen MR) is 91.2 cm³/mol. The van der Waals surface area contributed by atoms with Gasteiger partial charge in [-0.3, -0.25) is 14.9 Å². The van der Waals surface area contributed by atoms with Crippen LogP contribution in [0.15, 0.2) is 39.9 Å². The van der Waals surface area contributed by atoms with E-state index in [0.717, 1.165) is 12.3 Å². The highest BCUT2D eigenvalue weighted by Gasteiger charge is 2.61. The van der Waals surface area contributed by atoms with Crippen LogP contribution in [0.4, 0.5) is 18.9 Å². The van der Waals surface area contributed by atoms with Crippen molar-refractivity contribution in [1.29, 1.82) is 0 Å². The van der Waals surface area contributed by atoms with Gasteiger partial charge in [-0.1, -0.05) is 0 Å². The van der Waals surface area contributed by atoms with Gasteiger partial charge < -0.3 is 14.3 Å². The molecule has 1 atom stereocenters. The van der Waals surface area contributed by atoms with E-state index in [4.69, 9.17) is 9.15 Å². The van der Waals surface area contributed by atoms with Crippen LogP contribution < -0.4 is 4.74 Å². The SMILES string of the molecule is Cc1cc(OCc2ccc(C(=O)N3N=CCC3(O)C(F)(F)F)o2)ccc1[N+](=O)[O-]. The van der Waals surface area contributed by atoms with E-state index in [2.05, 4.69) is 5.10 Å². The van der Waals surface area contributed by atoms with Gasteiger partial charge in [0, 0.05) is 24.3 Å². The number of nitro groups is 1. The second kappa shape index (κ2) is 7.20. The van der Waals surface area contributed by atoms with E-state index in [1.54, 1.807) is 0 Å². The Morgan fingerprint density at radius 2 is 2.14 bits per heavy atom. The van der Waals surface area contributed by atoms with Gasteiger partial charge in [-0.2, -0.15) is 23.3 Å². The largest absolute Gasteiger partial charge is 0.486 e. The Morgan fingerprint density at radius 3 is 2.76 bits per heavy atom. The summed E-state index contributed by atoms with van der Waals surface area (Å²) < 4.78 is 49.9. The van der Waals surface area contributed by atoms with Gasteiger partial charge in [0.1, 0.15) is 18.1 Å². The monoisotopic (exact) mass is 413 g/mol. The fourth-order valence-corrected chi connectivity index (χ4v) is 2.64. The Morgan fingerprint density at radius 1 is 1.41 bits per heavy atom. The van der Waals surface area contributed by atoms with Crippen molar-refractivity contribution in [3.8, 4) is 5.75 Å². The molecule has 2 heterocycles. The molecule has 0 radical (unpaired) electrons. The van der Waals surface area contributed by atoms with Crippen LogP contribution in [0.5, 0.6) is 5.75 Å². The molecule has 0 spiro atoms.